The molecule has 1 rings (SSSR count). The Morgan fingerprint density at radius 2 is 1.91 bits per heavy atom. The van der Waals surface area contributed by atoms with Gasteiger partial charge in [-0.1, -0.05) is 47.5 Å². The van der Waals surface area contributed by atoms with E-state index in [1.54, 1.807) is 0 Å². The molecule has 4 nitrogen and oxygen atoms in total. The van der Waals surface area contributed by atoms with Gasteiger partial charge in [0.05, 0.1) is 6.61 Å². The van der Waals surface area contributed by atoms with Crippen molar-refractivity contribution in [3.8, 4) is 0 Å². The van der Waals surface area contributed by atoms with Crippen molar-refractivity contribution in [1.82, 2.24) is 0 Å². The van der Waals surface area contributed by atoms with E-state index in [1.807, 2.05) is 13.8 Å². The molecule has 0 heterocycles. The number of carbonyl (C=O) groups is 2. The smallest absolute Gasteiger partial charge is 0.417 e. The summed E-state index contributed by atoms with van der Waals surface area (Å²) in [6.45, 7) is 10.9. The van der Waals surface area contributed by atoms with Gasteiger partial charge in [0.2, 0.25) is 0 Å². The molecule has 1 aliphatic carbocycles. The van der Waals surface area contributed by atoms with Crippen molar-refractivity contribution in [2.75, 3.05) is 6.61 Å². The maximum absolute atomic E-state index is 11.8. The van der Waals surface area contributed by atoms with Gasteiger partial charge in [0.15, 0.2) is 0 Å². The molecule has 0 aromatic rings. The van der Waals surface area contributed by atoms with Crippen molar-refractivity contribution in [2.24, 2.45) is 17.3 Å². The molecule has 0 aromatic heterocycles. The summed E-state index contributed by atoms with van der Waals surface area (Å²) >= 11 is 0. The highest BCUT2D eigenvalue weighted by Crippen LogP contribution is 2.42. The fourth-order valence-electron chi connectivity index (χ4n) is 3.51. The predicted octanol–water partition coefficient (Wildman–Crippen LogP) is 4.11. The summed E-state index contributed by atoms with van der Waals surface area (Å²) in [5, 5.41) is 0. The van der Waals surface area contributed by atoms with Crippen molar-refractivity contribution < 1.29 is 19.1 Å². The number of esters is 2. The topological polar surface area (TPSA) is 52.6 Å². The van der Waals surface area contributed by atoms with Crippen LogP contribution in [0.5, 0.6) is 0 Å². The minimum absolute atomic E-state index is 0.208. The normalized spacial score (nSPS) is 23.4. The third-order valence-corrected chi connectivity index (χ3v) is 4.84. The van der Waals surface area contributed by atoms with Crippen LogP contribution < -0.4 is 0 Å². The summed E-state index contributed by atoms with van der Waals surface area (Å²) in [4.78, 5) is 23.4. The quantitative estimate of drug-likeness (QED) is 0.547. The fraction of sp³-hybridized carbons (Fsp3) is 0.889. The third-order valence-electron chi connectivity index (χ3n) is 4.84. The van der Waals surface area contributed by atoms with Crippen LogP contribution in [0.3, 0.4) is 0 Å². The van der Waals surface area contributed by atoms with Gasteiger partial charge in [-0.2, -0.15) is 0 Å². The molecule has 1 aliphatic rings. The van der Waals surface area contributed by atoms with Gasteiger partial charge in [0, 0.05) is 0 Å². The Hall–Kier alpha value is -1.06. The van der Waals surface area contributed by atoms with Gasteiger partial charge in [0.25, 0.3) is 0 Å². The zero-order valence-electron chi connectivity index (χ0n) is 14.8. The van der Waals surface area contributed by atoms with Crippen molar-refractivity contribution >= 4 is 11.9 Å². The predicted molar refractivity (Wildman–Crippen MR) is 86.3 cm³/mol. The van der Waals surface area contributed by atoms with Crippen LogP contribution in [0.15, 0.2) is 0 Å². The molecule has 0 aromatic carbocycles. The SMILES string of the molecule is CCCOC(=O)C(=O)OC(CC)C(C)C1CCCC(C)(C)C1. The molecule has 22 heavy (non-hydrogen) atoms. The lowest BCUT2D eigenvalue weighted by atomic mass is 9.67. The van der Waals surface area contributed by atoms with Crippen molar-refractivity contribution in [3.63, 3.8) is 0 Å². The van der Waals surface area contributed by atoms with Crippen LogP contribution in [-0.4, -0.2) is 24.6 Å². The maximum atomic E-state index is 11.8. The Morgan fingerprint density at radius 3 is 2.45 bits per heavy atom. The van der Waals surface area contributed by atoms with E-state index < -0.39 is 11.9 Å². The highest BCUT2D eigenvalue weighted by atomic mass is 16.6. The molecule has 0 spiro atoms. The van der Waals surface area contributed by atoms with Gasteiger partial charge in [-0.3, -0.25) is 0 Å². The van der Waals surface area contributed by atoms with Gasteiger partial charge >= 0.3 is 11.9 Å². The number of hydrogen-bond acceptors (Lipinski definition) is 4. The second-order valence-corrected chi connectivity index (χ2v) is 7.37. The first kappa shape index (κ1) is 19.0. The van der Waals surface area contributed by atoms with E-state index in [4.69, 9.17) is 9.47 Å². The maximum Gasteiger partial charge on any atom is 0.417 e. The average Bonchev–Trinajstić information content (AvgIpc) is 2.48. The standard InChI is InChI=1S/C18H32O4/c1-6-11-21-16(19)17(20)22-15(7-2)13(3)14-9-8-10-18(4,5)12-14/h13-15H,6-12H2,1-5H3. The van der Waals surface area contributed by atoms with E-state index in [1.165, 1.54) is 19.3 Å². The molecule has 3 unspecified atom stereocenters. The van der Waals surface area contributed by atoms with Crippen molar-refractivity contribution in [1.29, 1.82) is 0 Å². The third kappa shape index (κ3) is 5.62. The molecule has 0 amide bonds. The van der Waals surface area contributed by atoms with Crippen LogP contribution in [0.4, 0.5) is 0 Å². The van der Waals surface area contributed by atoms with Gasteiger partial charge < -0.3 is 9.47 Å². The molecule has 4 heteroatoms. The summed E-state index contributed by atoms with van der Waals surface area (Å²) in [7, 11) is 0. The van der Waals surface area contributed by atoms with Gasteiger partial charge in [-0.15, -0.1) is 0 Å². The summed E-state index contributed by atoms with van der Waals surface area (Å²) in [6.07, 6.45) is 6.04. The van der Waals surface area contributed by atoms with E-state index in [2.05, 4.69) is 20.8 Å². The van der Waals surface area contributed by atoms with E-state index >= 15 is 0 Å². The van der Waals surface area contributed by atoms with Crippen LogP contribution >= 0.6 is 0 Å². The number of ether oxygens (including phenoxy) is 2. The van der Waals surface area contributed by atoms with Crippen LogP contribution in [0.25, 0.3) is 0 Å². The first-order valence-electron chi connectivity index (χ1n) is 8.68. The average molecular weight is 312 g/mol. The first-order chi connectivity index (χ1) is 10.3. The zero-order valence-corrected chi connectivity index (χ0v) is 14.8. The van der Waals surface area contributed by atoms with E-state index in [9.17, 15) is 9.59 Å². The second kappa shape index (κ2) is 8.54. The van der Waals surface area contributed by atoms with Crippen LogP contribution in [0, 0.1) is 17.3 Å². The lowest BCUT2D eigenvalue weighted by molar-refractivity contribution is -0.173. The van der Waals surface area contributed by atoms with Crippen molar-refractivity contribution in [3.05, 3.63) is 0 Å². The monoisotopic (exact) mass is 312 g/mol. The van der Waals surface area contributed by atoms with Gasteiger partial charge in [0.1, 0.15) is 6.10 Å². The largest absolute Gasteiger partial charge is 0.457 e. The molecule has 0 aliphatic heterocycles. The Bertz CT molecular complexity index is 375. The number of carbonyl (C=O) groups excluding carboxylic acids is 2. The highest BCUT2D eigenvalue weighted by Gasteiger charge is 2.35. The van der Waals surface area contributed by atoms with Crippen LogP contribution in [-0.2, 0) is 19.1 Å². The molecule has 0 saturated heterocycles. The molecule has 128 valence electrons. The molecule has 0 bridgehead atoms. The molecular formula is C18H32O4. The lowest BCUT2D eigenvalue weighted by Gasteiger charge is -2.40. The van der Waals surface area contributed by atoms with E-state index in [-0.39, 0.29) is 18.6 Å². The molecule has 0 N–H and O–H groups in total. The molecule has 0 radical (unpaired) electrons. The summed E-state index contributed by atoms with van der Waals surface area (Å²) in [5.41, 5.74) is 0.361. The Labute approximate surface area is 134 Å². The first-order valence-corrected chi connectivity index (χ1v) is 8.68. The summed E-state index contributed by atoms with van der Waals surface area (Å²) < 4.78 is 10.3. The number of hydrogen-bond donors (Lipinski definition) is 0. The molecule has 1 saturated carbocycles. The van der Waals surface area contributed by atoms with Crippen LogP contribution in [0.1, 0.15) is 73.1 Å². The fourth-order valence-corrected chi connectivity index (χ4v) is 3.51. The number of rotatable bonds is 6. The minimum Gasteiger partial charge on any atom is -0.457 e. The minimum atomic E-state index is -0.864. The highest BCUT2D eigenvalue weighted by molar-refractivity contribution is 6.29. The second-order valence-electron chi connectivity index (χ2n) is 7.37. The molecular weight excluding hydrogens is 280 g/mol. The summed E-state index contributed by atoms with van der Waals surface area (Å²) in [6, 6.07) is 0. The van der Waals surface area contributed by atoms with E-state index in [0.717, 1.165) is 12.8 Å². The van der Waals surface area contributed by atoms with Gasteiger partial charge in [-0.05, 0) is 42.9 Å². The van der Waals surface area contributed by atoms with Crippen molar-refractivity contribution in [2.45, 2.75) is 79.2 Å². The van der Waals surface area contributed by atoms with Crippen LogP contribution in [0.2, 0.25) is 0 Å². The summed E-state index contributed by atoms with van der Waals surface area (Å²) in [5.74, 6) is -0.889. The molecule has 1 fully saturated rings. The Balaban J connectivity index is 2.58. The lowest BCUT2D eigenvalue weighted by Crippen LogP contribution is -2.36. The Kier molecular flexibility index (Phi) is 7.37. The molecule has 3 atom stereocenters. The zero-order chi connectivity index (χ0) is 16.8. The Morgan fingerprint density at radius 1 is 1.23 bits per heavy atom. The van der Waals surface area contributed by atoms with E-state index in [0.29, 0.717) is 17.8 Å². The van der Waals surface area contributed by atoms with Gasteiger partial charge in [-0.25, -0.2) is 9.59 Å².